The lowest BCUT2D eigenvalue weighted by molar-refractivity contribution is 0.469. The third-order valence-corrected chi connectivity index (χ3v) is 4.37. The highest BCUT2D eigenvalue weighted by molar-refractivity contribution is 7.21. The Morgan fingerprint density at radius 2 is 2.10 bits per heavy atom. The predicted molar refractivity (Wildman–Crippen MR) is 82.5 cm³/mol. The Labute approximate surface area is 125 Å². The second-order valence-electron chi connectivity index (χ2n) is 4.63. The molecule has 0 bridgehead atoms. The van der Waals surface area contributed by atoms with Crippen LogP contribution < -0.4 is 0 Å². The Kier molecular flexibility index (Phi) is 3.24. The van der Waals surface area contributed by atoms with Crippen LogP contribution in [-0.4, -0.2) is 15.2 Å². The molecule has 0 aliphatic heterocycles. The van der Waals surface area contributed by atoms with Gasteiger partial charge in [0.05, 0.1) is 15.8 Å². The molecule has 21 heavy (non-hydrogen) atoms. The summed E-state index contributed by atoms with van der Waals surface area (Å²) in [6, 6.07) is 10.4. The first-order valence-electron chi connectivity index (χ1n) is 6.49. The molecule has 0 aliphatic rings. The summed E-state index contributed by atoms with van der Waals surface area (Å²) in [6.07, 6.45) is 0.689. The molecule has 0 saturated heterocycles. The fourth-order valence-electron chi connectivity index (χ4n) is 2.36. The third kappa shape index (κ3) is 2.20. The van der Waals surface area contributed by atoms with Crippen LogP contribution >= 0.6 is 11.3 Å². The molecule has 2 N–H and O–H groups in total. The van der Waals surface area contributed by atoms with E-state index in [0.29, 0.717) is 17.5 Å². The predicted octanol–water partition coefficient (Wildman–Crippen LogP) is 3.81. The summed E-state index contributed by atoms with van der Waals surface area (Å²) in [5.41, 5.74) is 2.63. The molecule has 0 fully saturated rings. The van der Waals surface area contributed by atoms with Gasteiger partial charge in [-0.25, -0.2) is 4.98 Å². The second-order valence-corrected chi connectivity index (χ2v) is 5.66. The fraction of sp³-hybridized carbons (Fsp3) is 0.125. The fourth-order valence-corrected chi connectivity index (χ4v) is 3.44. The van der Waals surface area contributed by atoms with Crippen molar-refractivity contribution in [2.75, 3.05) is 0 Å². The first-order valence-corrected chi connectivity index (χ1v) is 7.30. The van der Waals surface area contributed by atoms with Crippen molar-refractivity contribution >= 4 is 21.6 Å². The maximum atomic E-state index is 9.96. The SMILES string of the molecule is CCc1c(O)cccc1-c1nc2c(C#N)cc(O)cc2s1. The van der Waals surface area contributed by atoms with E-state index in [9.17, 15) is 10.2 Å². The van der Waals surface area contributed by atoms with Gasteiger partial charge < -0.3 is 10.2 Å². The number of phenols is 2. The maximum absolute atomic E-state index is 9.96. The van der Waals surface area contributed by atoms with Gasteiger partial charge in [-0.1, -0.05) is 19.1 Å². The molecule has 4 nitrogen and oxygen atoms in total. The Morgan fingerprint density at radius 1 is 1.29 bits per heavy atom. The van der Waals surface area contributed by atoms with E-state index in [2.05, 4.69) is 11.1 Å². The van der Waals surface area contributed by atoms with Gasteiger partial charge in [0.25, 0.3) is 0 Å². The van der Waals surface area contributed by atoms with Crippen molar-refractivity contribution in [3.8, 4) is 28.1 Å². The number of rotatable bonds is 2. The summed E-state index contributed by atoms with van der Waals surface area (Å²) >= 11 is 1.40. The number of thiazole rings is 1. The van der Waals surface area contributed by atoms with Crippen molar-refractivity contribution in [3.63, 3.8) is 0 Å². The quantitative estimate of drug-likeness (QED) is 0.754. The molecule has 0 atom stereocenters. The molecular formula is C16H12N2O2S. The molecule has 0 amide bonds. The number of nitrogens with zero attached hydrogens (tertiary/aromatic N) is 2. The first-order chi connectivity index (χ1) is 10.1. The minimum atomic E-state index is 0.0564. The summed E-state index contributed by atoms with van der Waals surface area (Å²) < 4.78 is 0.756. The molecule has 2 aromatic carbocycles. The van der Waals surface area contributed by atoms with E-state index in [1.165, 1.54) is 17.4 Å². The highest BCUT2D eigenvalue weighted by Crippen LogP contribution is 2.37. The van der Waals surface area contributed by atoms with Gasteiger partial charge in [0, 0.05) is 11.1 Å². The average molecular weight is 296 g/mol. The minimum Gasteiger partial charge on any atom is -0.508 e. The van der Waals surface area contributed by atoms with E-state index in [1.54, 1.807) is 18.2 Å². The number of hydrogen-bond acceptors (Lipinski definition) is 5. The maximum Gasteiger partial charge on any atom is 0.125 e. The van der Waals surface area contributed by atoms with Crippen molar-refractivity contribution in [2.24, 2.45) is 0 Å². The lowest BCUT2D eigenvalue weighted by Crippen LogP contribution is -1.88. The average Bonchev–Trinajstić information content (AvgIpc) is 2.89. The molecular weight excluding hydrogens is 284 g/mol. The summed E-state index contributed by atoms with van der Waals surface area (Å²) in [5, 5.41) is 29.5. The lowest BCUT2D eigenvalue weighted by Gasteiger charge is -2.06. The number of aromatic nitrogens is 1. The molecule has 0 spiro atoms. The Hall–Kier alpha value is -2.58. The van der Waals surface area contributed by atoms with Gasteiger partial charge in [-0.05, 0) is 24.6 Å². The van der Waals surface area contributed by atoms with Crippen molar-refractivity contribution in [1.29, 1.82) is 5.26 Å². The Balaban J connectivity index is 2.28. The van der Waals surface area contributed by atoms with Crippen molar-refractivity contribution in [2.45, 2.75) is 13.3 Å². The van der Waals surface area contributed by atoms with E-state index in [-0.39, 0.29) is 11.5 Å². The van der Waals surface area contributed by atoms with Crippen LogP contribution in [0, 0.1) is 11.3 Å². The molecule has 1 heterocycles. The molecule has 0 unspecified atom stereocenters. The number of fused-ring (bicyclic) bond motifs is 1. The van der Waals surface area contributed by atoms with Crippen LogP contribution in [0.15, 0.2) is 30.3 Å². The van der Waals surface area contributed by atoms with Crippen LogP contribution in [0.4, 0.5) is 0 Å². The number of nitriles is 1. The Bertz CT molecular complexity index is 878. The molecule has 0 radical (unpaired) electrons. The van der Waals surface area contributed by atoms with Crippen molar-refractivity contribution in [3.05, 3.63) is 41.5 Å². The van der Waals surface area contributed by atoms with E-state index in [0.717, 1.165) is 20.8 Å². The van der Waals surface area contributed by atoms with E-state index in [1.807, 2.05) is 13.0 Å². The number of phenolic OH excluding ortho intramolecular Hbond substituents is 2. The highest BCUT2D eigenvalue weighted by atomic mass is 32.1. The van der Waals surface area contributed by atoms with Gasteiger partial charge in [0.15, 0.2) is 0 Å². The van der Waals surface area contributed by atoms with Crippen LogP contribution in [-0.2, 0) is 6.42 Å². The molecule has 1 aromatic heterocycles. The van der Waals surface area contributed by atoms with Gasteiger partial charge in [-0.2, -0.15) is 5.26 Å². The number of hydrogen-bond donors (Lipinski definition) is 2. The van der Waals surface area contributed by atoms with Gasteiger partial charge in [0.2, 0.25) is 0 Å². The summed E-state index contributed by atoms with van der Waals surface area (Å²) in [6.45, 7) is 1.97. The monoisotopic (exact) mass is 296 g/mol. The normalized spacial score (nSPS) is 10.7. The van der Waals surface area contributed by atoms with Crippen LogP contribution in [0.3, 0.4) is 0 Å². The number of benzene rings is 2. The zero-order chi connectivity index (χ0) is 15.0. The van der Waals surface area contributed by atoms with Crippen LogP contribution in [0.2, 0.25) is 0 Å². The number of aromatic hydroxyl groups is 2. The lowest BCUT2D eigenvalue weighted by atomic mass is 10.0. The van der Waals surface area contributed by atoms with Crippen molar-refractivity contribution < 1.29 is 10.2 Å². The summed E-state index contributed by atoms with van der Waals surface area (Å²) in [7, 11) is 0. The Morgan fingerprint density at radius 3 is 2.81 bits per heavy atom. The zero-order valence-electron chi connectivity index (χ0n) is 11.3. The first kappa shape index (κ1) is 13.4. The third-order valence-electron chi connectivity index (χ3n) is 3.34. The van der Waals surface area contributed by atoms with Gasteiger partial charge in [-0.15, -0.1) is 11.3 Å². The van der Waals surface area contributed by atoms with E-state index >= 15 is 0 Å². The molecule has 3 aromatic rings. The van der Waals surface area contributed by atoms with Crippen molar-refractivity contribution in [1.82, 2.24) is 4.98 Å². The van der Waals surface area contributed by atoms with Gasteiger partial charge in [0.1, 0.15) is 22.6 Å². The van der Waals surface area contributed by atoms with Gasteiger partial charge in [-0.3, -0.25) is 0 Å². The minimum absolute atomic E-state index is 0.0564. The smallest absolute Gasteiger partial charge is 0.125 e. The molecule has 104 valence electrons. The van der Waals surface area contributed by atoms with Gasteiger partial charge >= 0.3 is 0 Å². The largest absolute Gasteiger partial charge is 0.508 e. The van der Waals surface area contributed by atoms with E-state index in [4.69, 9.17) is 5.26 Å². The molecule has 5 heteroatoms. The summed E-state index contributed by atoms with van der Waals surface area (Å²) in [5.74, 6) is 0.304. The van der Waals surface area contributed by atoms with Crippen LogP contribution in [0.5, 0.6) is 11.5 Å². The van der Waals surface area contributed by atoms with Crippen LogP contribution in [0.25, 0.3) is 20.8 Å². The highest BCUT2D eigenvalue weighted by Gasteiger charge is 2.15. The zero-order valence-corrected chi connectivity index (χ0v) is 12.1. The topological polar surface area (TPSA) is 77.1 Å². The molecule has 0 aliphatic carbocycles. The molecule has 3 rings (SSSR count). The standard InChI is InChI=1S/C16H12N2O2S/c1-2-11-12(4-3-5-13(11)20)16-18-15-9(8-17)6-10(19)7-14(15)21-16/h3-7,19-20H,2H2,1H3. The second kappa shape index (κ2) is 5.08. The molecule has 0 saturated carbocycles. The summed E-state index contributed by atoms with van der Waals surface area (Å²) in [4.78, 5) is 4.52. The van der Waals surface area contributed by atoms with Crippen LogP contribution in [0.1, 0.15) is 18.1 Å². The van der Waals surface area contributed by atoms with E-state index < -0.39 is 0 Å².